The quantitative estimate of drug-likeness (QED) is 0.198. The summed E-state index contributed by atoms with van der Waals surface area (Å²) in [4.78, 5) is 85.5. The molecule has 64 heavy (non-hydrogen) atoms. The number of ketones is 1. The van der Waals surface area contributed by atoms with E-state index < -0.39 is 0 Å². The van der Waals surface area contributed by atoms with Crippen LogP contribution in [0.15, 0.2) is 242 Å². The molecule has 0 N–H and O–H groups in total. The maximum absolute atomic E-state index is 10.9. The summed E-state index contributed by atoms with van der Waals surface area (Å²) in [5.74, 6) is 0.0353. The van der Waals surface area contributed by atoms with Crippen molar-refractivity contribution >= 4 is 5.78 Å². The Labute approximate surface area is 370 Å². The molecule has 0 aromatic carbocycles. The van der Waals surface area contributed by atoms with Crippen molar-refractivity contribution in [3.8, 4) is 0 Å². The summed E-state index contributed by atoms with van der Waals surface area (Å²) >= 11 is 0. The van der Waals surface area contributed by atoms with Gasteiger partial charge in [0.05, 0.1) is 6.20 Å². The third-order valence-electron chi connectivity index (χ3n) is 5.47. The van der Waals surface area contributed by atoms with Crippen LogP contribution >= 0.6 is 0 Å². The van der Waals surface area contributed by atoms with Crippen LogP contribution in [-0.4, -0.2) is 105 Å². The van der Waals surface area contributed by atoms with Crippen LogP contribution in [-0.2, 0) is 0 Å². The summed E-state index contributed by atoms with van der Waals surface area (Å²) in [7, 11) is 0. The Morgan fingerprint density at radius 3 is 0.484 bits per heavy atom. The summed E-state index contributed by atoms with van der Waals surface area (Å²) in [6.45, 7) is 1.80. The molecule has 10 heterocycles. The molecule has 0 amide bonds. The first kappa shape index (κ1) is 52.5. The van der Waals surface area contributed by atoms with Crippen LogP contribution in [0.2, 0.25) is 0 Å². The first-order valence-electron chi connectivity index (χ1n) is 18.4. The number of carbonyl (C=O) groups excluding carboxylic acids is 1. The second kappa shape index (κ2) is 46.2. The molecule has 0 aliphatic carbocycles. The van der Waals surface area contributed by atoms with Crippen LogP contribution in [0.25, 0.3) is 0 Å². The summed E-state index contributed by atoms with van der Waals surface area (Å²) in [6, 6.07) is 0. The summed E-state index contributed by atoms with van der Waals surface area (Å²) in [5, 5.41) is 0. The smallest absolute Gasteiger partial charge is 0.182 e. The minimum atomic E-state index is 0.0353. The lowest BCUT2D eigenvalue weighted by Crippen LogP contribution is -1.99. The van der Waals surface area contributed by atoms with Gasteiger partial charge in [0.25, 0.3) is 0 Å². The second-order valence-corrected chi connectivity index (χ2v) is 9.92. The molecule has 21 nitrogen and oxygen atoms in total. The molecule has 0 radical (unpaired) electrons. The van der Waals surface area contributed by atoms with Crippen molar-refractivity contribution in [2.75, 3.05) is 0 Å². The molecule has 0 spiro atoms. The molecule has 0 fully saturated rings. The molecular formula is C43H44N20O. The van der Waals surface area contributed by atoms with Crippen molar-refractivity contribution < 1.29 is 4.79 Å². The predicted octanol–water partition coefficient (Wildman–Crippen LogP) is 5.36. The fraction of sp³-hybridized carbons (Fsp3) is 0.0465. The first-order chi connectivity index (χ1) is 31.8. The third-order valence-corrected chi connectivity index (χ3v) is 5.47. The normalized spacial score (nSPS) is 8.20. The number of nitrogens with zero attached hydrogens (tertiary/aromatic N) is 20. The molecule has 0 atom stereocenters. The zero-order valence-electron chi connectivity index (χ0n) is 34.6. The molecule has 0 saturated carbocycles. The largest absolute Gasteiger partial charge is 0.292 e. The Kier molecular flexibility index (Phi) is 37.9. The SMILES string of the molecule is CCC(=O)c1cnccn1.c1cnccn1.c1cnccn1.c1cnccn1.c1cnccn1.c1cnccn1.c1cnccn1.c1cnccn1.c1cnccn1.c1cnccn1. The Balaban J connectivity index is 0.000000357. The summed E-state index contributed by atoms with van der Waals surface area (Å²) < 4.78 is 0. The minimum Gasteiger partial charge on any atom is -0.292 e. The van der Waals surface area contributed by atoms with Crippen LogP contribution in [0.4, 0.5) is 0 Å². The van der Waals surface area contributed by atoms with Crippen LogP contribution in [0.3, 0.4) is 0 Å². The molecule has 10 aromatic heterocycles. The van der Waals surface area contributed by atoms with Crippen LogP contribution in [0, 0.1) is 0 Å². The number of Topliss-reactive ketones (excluding diaryl/α,β-unsaturated/α-hetero) is 1. The van der Waals surface area contributed by atoms with Gasteiger partial charge in [-0.2, -0.15) is 0 Å². The van der Waals surface area contributed by atoms with E-state index >= 15 is 0 Å². The van der Waals surface area contributed by atoms with Crippen LogP contribution < -0.4 is 0 Å². The topological polar surface area (TPSA) is 275 Å². The van der Waals surface area contributed by atoms with Crippen LogP contribution in [0.5, 0.6) is 0 Å². The van der Waals surface area contributed by atoms with Crippen molar-refractivity contribution in [2.24, 2.45) is 0 Å². The van der Waals surface area contributed by atoms with E-state index in [0.29, 0.717) is 12.1 Å². The van der Waals surface area contributed by atoms with Gasteiger partial charge in [0.1, 0.15) is 5.69 Å². The highest BCUT2D eigenvalue weighted by molar-refractivity contribution is 5.93. The molecule has 0 bridgehead atoms. The van der Waals surface area contributed by atoms with E-state index in [1.807, 2.05) is 0 Å². The van der Waals surface area contributed by atoms with Gasteiger partial charge in [0.2, 0.25) is 0 Å². The Morgan fingerprint density at radius 1 is 0.250 bits per heavy atom. The zero-order chi connectivity index (χ0) is 45.6. The lowest BCUT2D eigenvalue weighted by molar-refractivity contribution is 0.0983. The minimum absolute atomic E-state index is 0.0353. The van der Waals surface area contributed by atoms with Crippen LogP contribution in [0.1, 0.15) is 23.8 Å². The number of carbonyl (C=O) groups is 1. The van der Waals surface area contributed by atoms with Gasteiger partial charge in [-0.3, -0.25) is 99.5 Å². The van der Waals surface area contributed by atoms with Crippen molar-refractivity contribution in [2.45, 2.75) is 13.3 Å². The highest BCUT2D eigenvalue weighted by atomic mass is 16.1. The Morgan fingerprint density at radius 2 is 0.391 bits per heavy atom. The van der Waals surface area contributed by atoms with Gasteiger partial charge in [-0.15, -0.1) is 0 Å². The monoisotopic (exact) mass is 856 g/mol. The van der Waals surface area contributed by atoms with Crippen molar-refractivity contribution in [3.05, 3.63) is 247 Å². The second-order valence-electron chi connectivity index (χ2n) is 9.92. The average Bonchev–Trinajstić information content (AvgIpc) is 3.45. The standard InChI is InChI=1S/C7H8N2O.9C4H4N2/c1-2-7(10)6-5-8-3-4-9-6;9*1-2-6-4-3-5-1/h3-5H,2H2,1H3;9*1-4H. The molecule has 0 aliphatic rings. The predicted molar refractivity (Wildman–Crippen MR) is 235 cm³/mol. The molecule has 322 valence electrons. The number of aromatic nitrogens is 20. The van der Waals surface area contributed by atoms with E-state index in [1.165, 1.54) is 12.4 Å². The van der Waals surface area contributed by atoms with Crippen molar-refractivity contribution in [3.63, 3.8) is 0 Å². The number of hydrogen-bond donors (Lipinski definition) is 0. The number of rotatable bonds is 2. The van der Waals surface area contributed by atoms with E-state index in [9.17, 15) is 4.79 Å². The van der Waals surface area contributed by atoms with E-state index in [4.69, 9.17) is 0 Å². The average molecular weight is 857 g/mol. The lowest BCUT2D eigenvalue weighted by atomic mass is 10.2. The van der Waals surface area contributed by atoms with Crippen molar-refractivity contribution in [1.29, 1.82) is 0 Å². The fourth-order valence-corrected chi connectivity index (χ4v) is 2.90. The highest BCUT2D eigenvalue weighted by Crippen LogP contribution is 1.94. The molecule has 0 aliphatic heterocycles. The van der Waals surface area contributed by atoms with Gasteiger partial charge >= 0.3 is 0 Å². The molecule has 0 saturated heterocycles. The third kappa shape index (κ3) is 40.7. The Hall–Kier alpha value is -9.53. The molecule has 0 unspecified atom stereocenters. The van der Waals surface area contributed by atoms with Gasteiger partial charge < -0.3 is 0 Å². The molecular weight excluding hydrogens is 813 g/mol. The maximum atomic E-state index is 10.9. The Bertz CT molecular complexity index is 1580. The molecule has 21 heteroatoms. The molecule has 10 aromatic rings. The fourth-order valence-electron chi connectivity index (χ4n) is 2.90. The highest BCUT2D eigenvalue weighted by Gasteiger charge is 2.01. The summed E-state index contributed by atoms with van der Waals surface area (Å²) in [5.41, 5.74) is 0.449. The maximum Gasteiger partial charge on any atom is 0.182 e. The summed E-state index contributed by atoms with van der Waals surface area (Å²) in [6.07, 6.45) is 64.0. The van der Waals surface area contributed by atoms with E-state index in [0.717, 1.165) is 0 Å². The van der Waals surface area contributed by atoms with Gasteiger partial charge in [-0.1, -0.05) is 6.92 Å². The first-order valence-corrected chi connectivity index (χ1v) is 18.4. The number of hydrogen-bond acceptors (Lipinski definition) is 21. The lowest BCUT2D eigenvalue weighted by Gasteiger charge is -1.91. The van der Waals surface area contributed by atoms with Gasteiger partial charge in [-0.05, 0) is 0 Å². The van der Waals surface area contributed by atoms with Gasteiger partial charge in [0.15, 0.2) is 5.78 Å². The molecule has 10 rings (SSSR count). The van der Waals surface area contributed by atoms with Crippen molar-refractivity contribution in [1.82, 2.24) is 99.7 Å². The van der Waals surface area contributed by atoms with Gasteiger partial charge in [0, 0.05) is 242 Å². The van der Waals surface area contributed by atoms with Gasteiger partial charge in [-0.25, -0.2) is 4.98 Å². The van der Waals surface area contributed by atoms with E-state index in [2.05, 4.69) is 99.7 Å². The zero-order valence-corrected chi connectivity index (χ0v) is 34.6. The van der Waals surface area contributed by atoms with E-state index in [1.54, 1.807) is 236 Å². The van der Waals surface area contributed by atoms with E-state index in [-0.39, 0.29) is 5.78 Å².